The Kier molecular flexibility index (Phi) is 4.98. The molecule has 2 aromatic rings. The lowest BCUT2D eigenvalue weighted by atomic mass is 9.86. The van der Waals surface area contributed by atoms with E-state index >= 15 is 0 Å². The number of halogens is 1. The minimum atomic E-state index is -0.177. The van der Waals surface area contributed by atoms with E-state index < -0.39 is 0 Å². The van der Waals surface area contributed by atoms with E-state index in [1.165, 1.54) is 5.56 Å². The fourth-order valence-electron chi connectivity index (χ4n) is 3.64. The average molecular weight is 440 g/mol. The average Bonchev–Trinajstić information content (AvgIpc) is 2.68. The number of anilines is 1. The second kappa shape index (κ2) is 7.41. The molecule has 136 valence electrons. The number of aryl methyl sites for hydroxylation is 1. The summed E-state index contributed by atoms with van der Waals surface area (Å²) in [5, 5.41) is 10.7. The molecule has 0 spiro atoms. The SMILES string of the molecule is Cc1ccccc1N1CSC2=C(C#N)[C@@H](c3cccc(Br)c3)CC(=O)N2C1. The third kappa shape index (κ3) is 3.38. The van der Waals surface area contributed by atoms with Gasteiger partial charge in [-0.2, -0.15) is 5.26 Å². The predicted molar refractivity (Wildman–Crippen MR) is 112 cm³/mol. The zero-order chi connectivity index (χ0) is 19.0. The quantitative estimate of drug-likeness (QED) is 0.661. The van der Waals surface area contributed by atoms with Gasteiger partial charge in [-0.25, -0.2) is 0 Å². The maximum absolute atomic E-state index is 13.0. The third-order valence-corrected chi connectivity index (χ3v) is 6.65. The van der Waals surface area contributed by atoms with Crippen molar-refractivity contribution in [2.45, 2.75) is 19.3 Å². The van der Waals surface area contributed by atoms with Gasteiger partial charge >= 0.3 is 0 Å². The van der Waals surface area contributed by atoms with Crippen molar-refractivity contribution in [3.63, 3.8) is 0 Å². The van der Waals surface area contributed by atoms with Crippen molar-refractivity contribution < 1.29 is 4.79 Å². The first-order valence-corrected chi connectivity index (χ1v) is 10.5. The zero-order valence-corrected chi connectivity index (χ0v) is 17.3. The third-order valence-electron chi connectivity index (χ3n) is 5.00. The summed E-state index contributed by atoms with van der Waals surface area (Å²) in [4.78, 5) is 16.9. The van der Waals surface area contributed by atoms with Crippen molar-refractivity contribution in [1.82, 2.24) is 4.90 Å². The number of nitriles is 1. The van der Waals surface area contributed by atoms with E-state index in [1.54, 1.807) is 16.7 Å². The standard InChI is InChI=1S/C21H18BrN3OS/c1-14-5-2-3-8-19(14)24-12-25-20(26)10-17(15-6-4-7-16(22)9-15)18(11-23)21(25)27-13-24/h2-9,17H,10,12-13H2,1H3/t17-/m1/s1. The van der Waals surface area contributed by atoms with E-state index in [9.17, 15) is 10.1 Å². The molecule has 4 nitrogen and oxygen atoms in total. The number of nitrogens with zero attached hydrogens (tertiary/aromatic N) is 3. The topological polar surface area (TPSA) is 47.3 Å². The van der Waals surface area contributed by atoms with Gasteiger partial charge in [-0.3, -0.25) is 9.69 Å². The van der Waals surface area contributed by atoms with Crippen molar-refractivity contribution in [2.24, 2.45) is 0 Å². The van der Waals surface area contributed by atoms with Gasteiger partial charge in [-0.1, -0.05) is 58.0 Å². The number of amides is 1. The highest BCUT2D eigenvalue weighted by Crippen LogP contribution is 2.43. The number of carbonyl (C=O) groups is 1. The Balaban J connectivity index is 1.69. The van der Waals surface area contributed by atoms with Crippen molar-refractivity contribution in [1.29, 1.82) is 5.26 Å². The highest BCUT2D eigenvalue weighted by atomic mass is 79.9. The summed E-state index contributed by atoms with van der Waals surface area (Å²) < 4.78 is 0.958. The number of thioether (sulfide) groups is 1. The van der Waals surface area contributed by atoms with E-state index in [4.69, 9.17) is 0 Å². The van der Waals surface area contributed by atoms with Gasteiger partial charge in [0.15, 0.2) is 0 Å². The molecule has 0 N–H and O–H groups in total. The maximum atomic E-state index is 13.0. The number of benzene rings is 2. The molecular formula is C21H18BrN3OS. The minimum Gasteiger partial charge on any atom is -0.343 e. The summed E-state index contributed by atoms with van der Waals surface area (Å²) in [6, 6.07) is 18.5. The number of hydrogen-bond acceptors (Lipinski definition) is 4. The fourth-order valence-corrected chi connectivity index (χ4v) is 5.22. The van der Waals surface area contributed by atoms with Gasteiger partial charge in [0.25, 0.3) is 0 Å². The van der Waals surface area contributed by atoms with E-state index in [0.29, 0.717) is 18.7 Å². The molecule has 2 heterocycles. The molecule has 0 bridgehead atoms. The molecule has 1 saturated heterocycles. The number of rotatable bonds is 2. The molecule has 0 radical (unpaired) electrons. The molecule has 0 saturated carbocycles. The molecule has 1 atom stereocenters. The molecule has 6 heteroatoms. The van der Waals surface area contributed by atoms with Crippen LogP contribution in [0.2, 0.25) is 0 Å². The normalized spacial score (nSPS) is 19.7. The molecule has 0 aromatic heterocycles. The largest absolute Gasteiger partial charge is 0.343 e. The number of fused-ring (bicyclic) bond motifs is 1. The van der Waals surface area contributed by atoms with E-state index in [1.807, 2.05) is 36.4 Å². The van der Waals surface area contributed by atoms with Gasteiger partial charge in [0.2, 0.25) is 5.91 Å². The molecule has 1 fully saturated rings. The second-order valence-electron chi connectivity index (χ2n) is 6.71. The van der Waals surface area contributed by atoms with Crippen LogP contribution in [0.3, 0.4) is 0 Å². The summed E-state index contributed by atoms with van der Waals surface area (Å²) in [5.74, 6) is 0.615. The van der Waals surface area contributed by atoms with Crippen LogP contribution in [0.4, 0.5) is 5.69 Å². The van der Waals surface area contributed by atoms with Crippen LogP contribution in [-0.2, 0) is 4.79 Å². The van der Waals surface area contributed by atoms with Gasteiger partial charge in [-0.05, 0) is 36.2 Å². The smallest absolute Gasteiger partial charge is 0.229 e. The van der Waals surface area contributed by atoms with E-state index in [2.05, 4.69) is 46.0 Å². The minimum absolute atomic E-state index is 0.0692. The summed E-state index contributed by atoms with van der Waals surface area (Å²) in [6.07, 6.45) is 0.324. The summed E-state index contributed by atoms with van der Waals surface area (Å²) in [6.45, 7) is 2.57. The first-order valence-electron chi connectivity index (χ1n) is 8.72. The van der Waals surface area contributed by atoms with Gasteiger partial charge < -0.3 is 4.90 Å². The Morgan fingerprint density at radius 3 is 2.78 bits per heavy atom. The van der Waals surface area contributed by atoms with Crippen molar-refractivity contribution in [3.05, 3.63) is 74.7 Å². The number of allylic oxidation sites excluding steroid dienone is 1. The molecule has 27 heavy (non-hydrogen) atoms. The monoisotopic (exact) mass is 439 g/mol. The predicted octanol–water partition coefficient (Wildman–Crippen LogP) is 4.98. The Hall–Kier alpha value is -2.23. The van der Waals surface area contributed by atoms with Gasteiger partial charge in [0, 0.05) is 22.5 Å². The molecule has 0 aliphatic carbocycles. The van der Waals surface area contributed by atoms with Crippen LogP contribution in [0.25, 0.3) is 0 Å². The Morgan fingerprint density at radius 2 is 2.04 bits per heavy atom. The first-order chi connectivity index (χ1) is 13.1. The summed E-state index contributed by atoms with van der Waals surface area (Å²) >= 11 is 5.06. The van der Waals surface area contributed by atoms with E-state index in [-0.39, 0.29) is 11.8 Å². The Bertz CT molecular complexity index is 981. The Labute approximate surface area is 171 Å². The lowest BCUT2D eigenvalue weighted by molar-refractivity contribution is -0.129. The van der Waals surface area contributed by atoms with Crippen LogP contribution in [0, 0.1) is 18.3 Å². The Morgan fingerprint density at radius 1 is 1.22 bits per heavy atom. The van der Waals surface area contributed by atoms with Crippen LogP contribution in [0.15, 0.2) is 63.6 Å². The van der Waals surface area contributed by atoms with Gasteiger partial charge in [0.05, 0.1) is 29.2 Å². The van der Waals surface area contributed by atoms with Gasteiger partial charge in [0.1, 0.15) is 0 Å². The molecule has 0 unspecified atom stereocenters. The molecule has 4 rings (SSSR count). The summed E-state index contributed by atoms with van der Waals surface area (Å²) in [7, 11) is 0. The summed E-state index contributed by atoms with van der Waals surface area (Å²) in [5.41, 5.74) is 4.01. The fraction of sp³-hybridized carbons (Fsp3) is 0.238. The van der Waals surface area contributed by atoms with Crippen LogP contribution in [-0.4, -0.2) is 23.4 Å². The van der Waals surface area contributed by atoms with Crippen LogP contribution in [0.1, 0.15) is 23.5 Å². The zero-order valence-electron chi connectivity index (χ0n) is 14.9. The van der Waals surface area contributed by atoms with Crippen LogP contribution in [0.5, 0.6) is 0 Å². The number of para-hydroxylation sites is 1. The van der Waals surface area contributed by atoms with E-state index in [0.717, 1.165) is 26.6 Å². The van der Waals surface area contributed by atoms with Gasteiger partial charge in [-0.15, -0.1) is 0 Å². The lowest BCUT2D eigenvalue weighted by Crippen LogP contribution is -2.47. The molecule has 2 aliphatic rings. The second-order valence-corrected chi connectivity index (χ2v) is 8.55. The molecule has 1 amide bonds. The van der Waals surface area contributed by atoms with Crippen molar-refractivity contribution in [3.8, 4) is 6.07 Å². The van der Waals surface area contributed by atoms with Crippen LogP contribution < -0.4 is 4.90 Å². The van der Waals surface area contributed by atoms with Crippen molar-refractivity contribution in [2.75, 3.05) is 17.4 Å². The molecule has 2 aromatic carbocycles. The highest BCUT2D eigenvalue weighted by Gasteiger charge is 2.38. The van der Waals surface area contributed by atoms with Crippen LogP contribution >= 0.6 is 27.7 Å². The lowest BCUT2D eigenvalue weighted by Gasteiger charge is -2.42. The molecule has 2 aliphatic heterocycles. The van der Waals surface area contributed by atoms with Crippen molar-refractivity contribution >= 4 is 39.3 Å². The maximum Gasteiger partial charge on any atom is 0.229 e. The number of hydrogen-bond donors (Lipinski definition) is 0. The molecular weight excluding hydrogens is 422 g/mol. The highest BCUT2D eigenvalue weighted by molar-refractivity contribution is 9.10. The number of carbonyl (C=O) groups excluding carboxylic acids is 1. The first kappa shape index (κ1) is 18.1.